The molecule has 1 fully saturated rings. The molecule has 21 heavy (non-hydrogen) atoms. The summed E-state index contributed by atoms with van der Waals surface area (Å²) < 4.78 is 0. The summed E-state index contributed by atoms with van der Waals surface area (Å²) in [7, 11) is 0. The van der Waals surface area contributed by atoms with Crippen molar-refractivity contribution in [1.82, 2.24) is 4.90 Å². The van der Waals surface area contributed by atoms with Crippen LogP contribution in [0.5, 0.6) is 0 Å². The van der Waals surface area contributed by atoms with Crippen molar-refractivity contribution < 1.29 is 9.59 Å². The standard InChI is InChI=1S/C17H24N2O2/c1-14-9-5-6-10-16(14)19(15(2)20)13-17(21)18-11-7-3-4-8-12-18/h5-6,9-10H,3-4,7-8,11-13H2,1-2H3. The number of nitrogens with zero attached hydrogens (tertiary/aromatic N) is 2. The lowest BCUT2D eigenvalue weighted by Crippen LogP contribution is -2.43. The highest BCUT2D eigenvalue weighted by molar-refractivity contribution is 5.98. The summed E-state index contributed by atoms with van der Waals surface area (Å²) in [6.45, 7) is 5.25. The minimum absolute atomic E-state index is 0.0513. The van der Waals surface area contributed by atoms with Crippen molar-refractivity contribution >= 4 is 17.5 Å². The van der Waals surface area contributed by atoms with E-state index < -0.39 is 0 Å². The maximum Gasteiger partial charge on any atom is 0.242 e. The highest BCUT2D eigenvalue weighted by Crippen LogP contribution is 2.20. The van der Waals surface area contributed by atoms with Crippen molar-refractivity contribution in [3.8, 4) is 0 Å². The van der Waals surface area contributed by atoms with Gasteiger partial charge in [-0.15, -0.1) is 0 Å². The molecule has 1 aromatic carbocycles. The first-order valence-corrected chi connectivity index (χ1v) is 7.71. The van der Waals surface area contributed by atoms with Gasteiger partial charge in [0.25, 0.3) is 0 Å². The number of para-hydroxylation sites is 1. The van der Waals surface area contributed by atoms with Gasteiger partial charge in [0, 0.05) is 25.7 Å². The molecule has 1 aliphatic heterocycles. The zero-order valence-electron chi connectivity index (χ0n) is 13.0. The molecular weight excluding hydrogens is 264 g/mol. The Balaban J connectivity index is 2.11. The number of amides is 2. The number of hydrogen-bond acceptors (Lipinski definition) is 2. The van der Waals surface area contributed by atoms with Crippen LogP contribution in [0, 0.1) is 6.92 Å². The lowest BCUT2D eigenvalue weighted by atomic mass is 10.1. The molecule has 0 spiro atoms. The fraction of sp³-hybridized carbons (Fsp3) is 0.529. The third kappa shape index (κ3) is 4.06. The van der Waals surface area contributed by atoms with Crippen molar-refractivity contribution in [2.24, 2.45) is 0 Å². The second-order valence-electron chi connectivity index (χ2n) is 5.69. The highest BCUT2D eigenvalue weighted by atomic mass is 16.2. The van der Waals surface area contributed by atoms with Gasteiger partial charge in [-0.1, -0.05) is 31.0 Å². The molecule has 0 aliphatic carbocycles. The number of carbonyl (C=O) groups excluding carboxylic acids is 2. The Kier molecular flexibility index (Phi) is 5.37. The highest BCUT2D eigenvalue weighted by Gasteiger charge is 2.21. The quantitative estimate of drug-likeness (QED) is 0.858. The number of hydrogen-bond donors (Lipinski definition) is 0. The average Bonchev–Trinajstić information content (AvgIpc) is 2.74. The van der Waals surface area contributed by atoms with Gasteiger partial charge in [0.2, 0.25) is 11.8 Å². The molecule has 1 saturated heterocycles. The van der Waals surface area contributed by atoms with Crippen molar-refractivity contribution in [2.75, 3.05) is 24.5 Å². The molecule has 0 N–H and O–H groups in total. The molecule has 114 valence electrons. The van der Waals surface area contributed by atoms with Crippen molar-refractivity contribution in [1.29, 1.82) is 0 Å². The van der Waals surface area contributed by atoms with Gasteiger partial charge in [0.1, 0.15) is 6.54 Å². The van der Waals surface area contributed by atoms with Crippen LogP contribution >= 0.6 is 0 Å². The Bertz CT molecular complexity index is 505. The van der Waals surface area contributed by atoms with E-state index in [2.05, 4.69) is 0 Å². The van der Waals surface area contributed by atoms with E-state index in [1.807, 2.05) is 36.1 Å². The van der Waals surface area contributed by atoms with Crippen LogP contribution in [-0.2, 0) is 9.59 Å². The molecular formula is C17H24N2O2. The van der Waals surface area contributed by atoms with E-state index >= 15 is 0 Å². The molecule has 1 heterocycles. The van der Waals surface area contributed by atoms with Crippen LogP contribution in [0.2, 0.25) is 0 Å². The van der Waals surface area contributed by atoms with Gasteiger partial charge in [-0.05, 0) is 31.4 Å². The Labute approximate surface area is 126 Å². The molecule has 0 saturated carbocycles. The van der Waals surface area contributed by atoms with Gasteiger partial charge in [0.15, 0.2) is 0 Å². The van der Waals surface area contributed by atoms with Crippen LogP contribution in [0.1, 0.15) is 38.2 Å². The van der Waals surface area contributed by atoms with E-state index in [1.54, 1.807) is 4.90 Å². The second kappa shape index (κ2) is 7.25. The smallest absolute Gasteiger partial charge is 0.242 e. The number of aryl methyl sites for hydroxylation is 1. The summed E-state index contributed by atoms with van der Waals surface area (Å²) in [5, 5.41) is 0. The first kappa shape index (κ1) is 15.5. The van der Waals surface area contributed by atoms with E-state index in [1.165, 1.54) is 19.8 Å². The average molecular weight is 288 g/mol. The zero-order valence-corrected chi connectivity index (χ0v) is 13.0. The molecule has 2 rings (SSSR count). The molecule has 0 atom stereocenters. The molecule has 4 nitrogen and oxygen atoms in total. The molecule has 4 heteroatoms. The summed E-state index contributed by atoms with van der Waals surface area (Å²) >= 11 is 0. The largest absolute Gasteiger partial charge is 0.341 e. The van der Waals surface area contributed by atoms with E-state index in [4.69, 9.17) is 0 Å². The Morgan fingerprint density at radius 1 is 1.10 bits per heavy atom. The number of anilines is 1. The normalized spacial score (nSPS) is 15.4. The van der Waals surface area contributed by atoms with E-state index in [9.17, 15) is 9.59 Å². The van der Waals surface area contributed by atoms with Gasteiger partial charge in [-0.2, -0.15) is 0 Å². The molecule has 1 aromatic rings. The van der Waals surface area contributed by atoms with Crippen LogP contribution in [0.4, 0.5) is 5.69 Å². The maximum atomic E-state index is 12.5. The predicted molar refractivity (Wildman–Crippen MR) is 84.3 cm³/mol. The zero-order chi connectivity index (χ0) is 15.2. The van der Waals surface area contributed by atoms with Crippen LogP contribution < -0.4 is 4.90 Å². The van der Waals surface area contributed by atoms with Crippen LogP contribution in [0.15, 0.2) is 24.3 Å². The summed E-state index contributed by atoms with van der Waals surface area (Å²) in [6, 6.07) is 7.69. The van der Waals surface area contributed by atoms with Gasteiger partial charge in [-0.25, -0.2) is 0 Å². The van der Waals surface area contributed by atoms with Crippen molar-refractivity contribution in [2.45, 2.75) is 39.5 Å². The third-order valence-corrected chi connectivity index (χ3v) is 4.04. The fourth-order valence-corrected chi connectivity index (χ4v) is 2.79. The minimum Gasteiger partial charge on any atom is -0.341 e. The summed E-state index contributed by atoms with van der Waals surface area (Å²) in [5.41, 5.74) is 1.84. The molecule has 2 amide bonds. The molecule has 0 aromatic heterocycles. The lowest BCUT2D eigenvalue weighted by molar-refractivity contribution is -0.131. The first-order valence-electron chi connectivity index (χ1n) is 7.71. The Morgan fingerprint density at radius 2 is 1.71 bits per heavy atom. The van der Waals surface area contributed by atoms with Gasteiger partial charge in [0.05, 0.1) is 0 Å². The van der Waals surface area contributed by atoms with E-state index in [0.29, 0.717) is 0 Å². The molecule has 0 bridgehead atoms. The van der Waals surface area contributed by atoms with Gasteiger partial charge < -0.3 is 9.80 Å². The first-order chi connectivity index (χ1) is 10.1. The second-order valence-corrected chi connectivity index (χ2v) is 5.69. The summed E-state index contributed by atoms with van der Waals surface area (Å²) in [6.07, 6.45) is 4.52. The SMILES string of the molecule is CC(=O)N(CC(=O)N1CCCCCC1)c1ccccc1C. The summed E-state index contributed by atoms with van der Waals surface area (Å²) in [4.78, 5) is 27.9. The van der Waals surface area contributed by atoms with E-state index in [0.717, 1.165) is 37.2 Å². The third-order valence-electron chi connectivity index (χ3n) is 4.04. The molecule has 0 unspecified atom stereocenters. The topological polar surface area (TPSA) is 40.6 Å². The van der Waals surface area contributed by atoms with Crippen LogP contribution in [-0.4, -0.2) is 36.3 Å². The minimum atomic E-state index is -0.0903. The van der Waals surface area contributed by atoms with E-state index in [-0.39, 0.29) is 18.4 Å². The number of rotatable bonds is 3. The van der Waals surface area contributed by atoms with Crippen molar-refractivity contribution in [3.05, 3.63) is 29.8 Å². The molecule has 0 radical (unpaired) electrons. The van der Waals surface area contributed by atoms with Crippen LogP contribution in [0.25, 0.3) is 0 Å². The Morgan fingerprint density at radius 3 is 2.29 bits per heavy atom. The van der Waals surface area contributed by atoms with Gasteiger partial charge in [-0.3, -0.25) is 9.59 Å². The molecule has 1 aliphatic rings. The lowest BCUT2D eigenvalue weighted by Gasteiger charge is -2.27. The maximum absolute atomic E-state index is 12.5. The fourth-order valence-electron chi connectivity index (χ4n) is 2.79. The number of likely N-dealkylation sites (tertiary alicyclic amines) is 1. The monoisotopic (exact) mass is 288 g/mol. The van der Waals surface area contributed by atoms with Gasteiger partial charge >= 0.3 is 0 Å². The number of carbonyl (C=O) groups is 2. The van der Waals surface area contributed by atoms with Crippen LogP contribution in [0.3, 0.4) is 0 Å². The summed E-state index contributed by atoms with van der Waals surface area (Å²) in [5.74, 6) is -0.0391. The number of benzene rings is 1. The Hall–Kier alpha value is -1.84. The van der Waals surface area contributed by atoms with Crippen molar-refractivity contribution in [3.63, 3.8) is 0 Å². The predicted octanol–water partition coefficient (Wildman–Crippen LogP) is 2.75.